The van der Waals surface area contributed by atoms with Crippen molar-refractivity contribution in [2.24, 2.45) is 5.92 Å². The van der Waals surface area contributed by atoms with E-state index in [0.717, 1.165) is 12.1 Å². The number of rotatable bonds is 2. The minimum absolute atomic E-state index is 0.186. The van der Waals surface area contributed by atoms with E-state index in [2.05, 4.69) is 5.32 Å². The van der Waals surface area contributed by atoms with Crippen molar-refractivity contribution in [3.63, 3.8) is 0 Å². The minimum atomic E-state index is -3.17. The number of benzene rings is 1. The van der Waals surface area contributed by atoms with Crippen LogP contribution in [0.15, 0.2) is 29.2 Å². The van der Waals surface area contributed by atoms with Crippen molar-refractivity contribution in [2.75, 3.05) is 13.1 Å². The molecule has 0 bridgehead atoms. The zero-order valence-corrected chi connectivity index (χ0v) is 10.4. The van der Waals surface area contributed by atoms with Gasteiger partial charge in [0.1, 0.15) is 0 Å². The molecule has 4 heteroatoms. The van der Waals surface area contributed by atoms with Crippen LogP contribution in [0.25, 0.3) is 0 Å². The predicted octanol–water partition coefficient (Wildman–Crippen LogP) is 1.38. The van der Waals surface area contributed by atoms with Crippen molar-refractivity contribution in [3.05, 3.63) is 29.8 Å². The summed E-state index contributed by atoms with van der Waals surface area (Å²) >= 11 is 0. The molecule has 1 aliphatic rings. The predicted molar refractivity (Wildman–Crippen MR) is 64.2 cm³/mol. The van der Waals surface area contributed by atoms with Crippen molar-refractivity contribution in [1.29, 1.82) is 0 Å². The van der Waals surface area contributed by atoms with Gasteiger partial charge in [0.05, 0.1) is 10.1 Å². The van der Waals surface area contributed by atoms with Crippen LogP contribution in [0.1, 0.15) is 12.5 Å². The van der Waals surface area contributed by atoms with Crippen LogP contribution in [0.5, 0.6) is 0 Å². The van der Waals surface area contributed by atoms with Crippen molar-refractivity contribution in [3.8, 4) is 0 Å². The van der Waals surface area contributed by atoms with Crippen molar-refractivity contribution >= 4 is 9.84 Å². The summed E-state index contributed by atoms with van der Waals surface area (Å²) in [5.41, 5.74) is 1.08. The van der Waals surface area contributed by atoms with Crippen molar-refractivity contribution in [2.45, 2.75) is 24.0 Å². The second kappa shape index (κ2) is 4.18. The zero-order chi connectivity index (χ0) is 11.8. The number of sulfone groups is 1. The van der Waals surface area contributed by atoms with E-state index in [-0.39, 0.29) is 11.2 Å². The van der Waals surface area contributed by atoms with Gasteiger partial charge in [-0.05, 0) is 31.5 Å². The van der Waals surface area contributed by atoms with Crippen molar-refractivity contribution < 1.29 is 8.42 Å². The average molecular weight is 239 g/mol. The van der Waals surface area contributed by atoms with Crippen LogP contribution in [-0.2, 0) is 9.84 Å². The van der Waals surface area contributed by atoms with Crippen molar-refractivity contribution in [1.82, 2.24) is 5.32 Å². The van der Waals surface area contributed by atoms with Gasteiger partial charge >= 0.3 is 0 Å². The maximum absolute atomic E-state index is 12.3. The third kappa shape index (κ3) is 1.99. The lowest BCUT2D eigenvalue weighted by molar-refractivity contribution is 0.559. The number of aryl methyl sites for hydroxylation is 1. The SMILES string of the molecule is Cc1ccc(S(=O)(=O)[C@@H]2CNC[C@H]2C)cc1. The van der Waals surface area contributed by atoms with Gasteiger partial charge in [-0.3, -0.25) is 0 Å². The van der Waals surface area contributed by atoms with E-state index in [1.807, 2.05) is 26.0 Å². The van der Waals surface area contributed by atoms with Gasteiger partial charge < -0.3 is 5.32 Å². The highest BCUT2D eigenvalue weighted by Gasteiger charge is 2.35. The Hall–Kier alpha value is -0.870. The Bertz CT molecular complexity index is 464. The molecule has 0 radical (unpaired) electrons. The van der Waals surface area contributed by atoms with Gasteiger partial charge in [-0.2, -0.15) is 0 Å². The van der Waals surface area contributed by atoms with E-state index in [0.29, 0.717) is 11.4 Å². The van der Waals surface area contributed by atoms with Gasteiger partial charge in [0.25, 0.3) is 0 Å². The number of nitrogens with one attached hydrogen (secondary N) is 1. The highest BCUT2D eigenvalue weighted by molar-refractivity contribution is 7.92. The molecule has 1 aliphatic heterocycles. The Balaban J connectivity index is 2.35. The summed E-state index contributed by atoms with van der Waals surface area (Å²) in [5.74, 6) is 0.186. The first kappa shape index (κ1) is 11.6. The largest absolute Gasteiger partial charge is 0.315 e. The number of hydrogen-bond donors (Lipinski definition) is 1. The van der Waals surface area contributed by atoms with Crippen LogP contribution < -0.4 is 5.32 Å². The van der Waals surface area contributed by atoms with Gasteiger partial charge in [-0.1, -0.05) is 24.6 Å². The minimum Gasteiger partial charge on any atom is -0.315 e. The molecular formula is C12H17NO2S. The molecule has 1 heterocycles. The second-order valence-corrected chi connectivity index (χ2v) is 6.70. The standard InChI is InChI=1S/C12H17NO2S/c1-9-3-5-11(6-4-9)16(14,15)12-8-13-7-10(12)2/h3-6,10,12-13H,7-8H2,1-2H3/t10-,12-/m1/s1. The maximum Gasteiger partial charge on any atom is 0.182 e. The molecule has 1 aromatic carbocycles. The lowest BCUT2D eigenvalue weighted by Gasteiger charge is -2.15. The molecule has 0 unspecified atom stereocenters. The highest BCUT2D eigenvalue weighted by Crippen LogP contribution is 2.24. The fraction of sp³-hybridized carbons (Fsp3) is 0.500. The van der Waals surface area contributed by atoms with E-state index >= 15 is 0 Å². The van der Waals surface area contributed by atoms with Gasteiger partial charge in [-0.25, -0.2) is 8.42 Å². The Kier molecular flexibility index (Phi) is 3.04. The van der Waals surface area contributed by atoms with E-state index in [1.165, 1.54) is 0 Å². The molecule has 3 nitrogen and oxygen atoms in total. The Morgan fingerprint density at radius 2 is 1.81 bits per heavy atom. The third-order valence-electron chi connectivity index (χ3n) is 3.19. The Labute approximate surface area is 96.8 Å². The first-order chi connectivity index (χ1) is 7.51. The first-order valence-electron chi connectivity index (χ1n) is 5.53. The van der Waals surface area contributed by atoms with E-state index in [1.54, 1.807) is 12.1 Å². The lowest BCUT2D eigenvalue weighted by atomic mass is 10.1. The molecule has 88 valence electrons. The zero-order valence-electron chi connectivity index (χ0n) is 9.60. The molecule has 16 heavy (non-hydrogen) atoms. The van der Waals surface area contributed by atoms with Crippen LogP contribution in [0, 0.1) is 12.8 Å². The topological polar surface area (TPSA) is 46.2 Å². The van der Waals surface area contributed by atoms with Gasteiger partial charge in [0.15, 0.2) is 9.84 Å². The number of hydrogen-bond acceptors (Lipinski definition) is 3. The monoisotopic (exact) mass is 239 g/mol. The molecule has 0 spiro atoms. The van der Waals surface area contributed by atoms with E-state index in [9.17, 15) is 8.42 Å². The summed E-state index contributed by atoms with van der Waals surface area (Å²) in [5, 5.41) is 2.85. The summed E-state index contributed by atoms with van der Waals surface area (Å²) in [7, 11) is -3.17. The summed E-state index contributed by atoms with van der Waals surface area (Å²) in [4.78, 5) is 0.443. The Morgan fingerprint density at radius 3 is 2.31 bits per heavy atom. The van der Waals surface area contributed by atoms with E-state index < -0.39 is 9.84 Å². The van der Waals surface area contributed by atoms with Crippen LogP contribution in [-0.4, -0.2) is 26.8 Å². The summed E-state index contributed by atoms with van der Waals surface area (Å²) < 4.78 is 24.6. The summed E-state index contributed by atoms with van der Waals surface area (Å²) in [6, 6.07) is 7.10. The smallest absolute Gasteiger partial charge is 0.182 e. The van der Waals surface area contributed by atoms with Crippen LogP contribution in [0.4, 0.5) is 0 Å². The van der Waals surface area contributed by atoms with Gasteiger partial charge in [-0.15, -0.1) is 0 Å². The molecule has 0 amide bonds. The molecule has 1 aromatic rings. The summed E-state index contributed by atoms with van der Waals surface area (Å²) in [6.45, 7) is 5.29. The second-order valence-electron chi connectivity index (χ2n) is 4.53. The fourth-order valence-electron chi connectivity index (χ4n) is 2.10. The lowest BCUT2D eigenvalue weighted by Crippen LogP contribution is -2.28. The highest BCUT2D eigenvalue weighted by atomic mass is 32.2. The van der Waals surface area contributed by atoms with Gasteiger partial charge in [0, 0.05) is 6.54 Å². The van der Waals surface area contributed by atoms with Gasteiger partial charge in [0.2, 0.25) is 0 Å². The molecule has 0 saturated carbocycles. The molecule has 0 aliphatic carbocycles. The molecule has 2 rings (SSSR count). The molecule has 1 fully saturated rings. The van der Waals surface area contributed by atoms with Crippen LogP contribution >= 0.6 is 0 Å². The van der Waals surface area contributed by atoms with Crippen LogP contribution in [0.3, 0.4) is 0 Å². The molecule has 0 aromatic heterocycles. The summed E-state index contributed by atoms with van der Waals surface area (Å²) in [6.07, 6.45) is 0. The molecular weight excluding hydrogens is 222 g/mol. The fourth-order valence-corrected chi connectivity index (χ4v) is 4.01. The van der Waals surface area contributed by atoms with E-state index in [4.69, 9.17) is 0 Å². The third-order valence-corrected chi connectivity index (χ3v) is 5.55. The first-order valence-corrected chi connectivity index (χ1v) is 7.08. The van der Waals surface area contributed by atoms with Crippen LogP contribution in [0.2, 0.25) is 0 Å². The maximum atomic E-state index is 12.3. The Morgan fingerprint density at radius 1 is 1.19 bits per heavy atom. The molecule has 1 N–H and O–H groups in total. The molecule has 2 atom stereocenters. The quantitative estimate of drug-likeness (QED) is 0.848. The normalized spacial score (nSPS) is 25.9. The average Bonchev–Trinajstić information content (AvgIpc) is 2.66. The molecule has 1 saturated heterocycles.